The van der Waals surface area contributed by atoms with Gasteiger partial charge in [-0.2, -0.15) is 0 Å². The fourth-order valence-corrected chi connectivity index (χ4v) is 3.78. The zero-order chi connectivity index (χ0) is 18.6. The van der Waals surface area contributed by atoms with Crippen LogP contribution in [0.4, 0.5) is 0 Å². The van der Waals surface area contributed by atoms with Crippen LogP contribution in [-0.4, -0.2) is 27.2 Å². The molecular weight excluding hydrogens is 432 g/mol. The molecule has 2 rings (SSSR count). The molecule has 0 amide bonds. The Bertz CT molecular complexity index is 896. The molecule has 25 heavy (non-hydrogen) atoms. The molecule has 0 saturated carbocycles. The minimum Gasteiger partial charge on any atom is -0.469 e. The van der Waals surface area contributed by atoms with Gasteiger partial charge >= 0.3 is 5.97 Å². The van der Waals surface area contributed by atoms with Gasteiger partial charge in [0.1, 0.15) is 11.5 Å². The van der Waals surface area contributed by atoms with E-state index >= 15 is 0 Å². The number of halogens is 2. The van der Waals surface area contributed by atoms with E-state index in [0.29, 0.717) is 17.1 Å². The summed E-state index contributed by atoms with van der Waals surface area (Å²) in [6, 6.07) is 9.51. The minimum atomic E-state index is -3.34. The van der Waals surface area contributed by atoms with Crippen molar-refractivity contribution in [3.05, 3.63) is 51.5 Å². The second-order valence-electron chi connectivity index (χ2n) is 5.15. The van der Waals surface area contributed by atoms with Crippen molar-refractivity contribution in [3.63, 3.8) is 0 Å². The summed E-state index contributed by atoms with van der Waals surface area (Å²) >= 11 is 9.51. The number of esters is 1. The predicted molar refractivity (Wildman–Crippen MR) is 99.1 cm³/mol. The van der Waals surface area contributed by atoms with E-state index in [0.717, 1.165) is 4.47 Å². The average Bonchev–Trinajstić information content (AvgIpc) is 2.56. The van der Waals surface area contributed by atoms with Crippen LogP contribution < -0.4 is 4.74 Å². The first-order chi connectivity index (χ1) is 11.7. The summed E-state index contributed by atoms with van der Waals surface area (Å²) < 4.78 is 34.9. The van der Waals surface area contributed by atoms with Crippen molar-refractivity contribution < 1.29 is 22.7 Å². The number of sulfone groups is 1. The Labute approximate surface area is 159 Å². The molecule has 0 radical (unpaired) electrons. The van der Waals surface area contributed by atoms with Crippen molar-refractivity contribution in [2.45, 2.75) is 18.2 Å². The molecule has 134 valence electrons. The molecule has 0 aromatic heterocycles. The van der Waals surface area contributed by atoms with E-state index in [4.69, 9.17) is 16.3 Å². The smallest absolute Gasteiger partial charge is 0.309 e. The van der Waals surface area contributed by atoms with Crippen LogP contribution >= 0.6 is 27.5 Å². The lowest BCUT2D eigenvalue weighted by atomic mass is 10.1. The molecule has 0 aliphatic carbocycles. The maximum Gasteiger partial charge on any atom is 0.309 e. The lowest BCUT2D eigenvalue weighted by Crippen LogP contribution is -2.04. The number of ether oxygens (including phenoxy) is 2. The molecule has 0 N–H and O–H groups in total. The highest BCUT2D eigenvalue weighted by atomic mass is 79.9. The Morgan fingerprint density at radius 1 is 1.20 bits per heavy atom. The van der Waals surface area contributed by atoms with E-state index in [1.807, 2.05) is 0 Å². The van der Waals surface area contributed by atoms with E-state index in [9.17, 15) is 13.2 Å². The zero-order valence-corrected chi connectivity index (χ0v) is 16.7. The number of carbonyl (C=O) groups excluding carboxylic acids is 1. The molecule has 0 aliphatic rings. The summed E-state index contributed by atoms with van der Waals surface area (Å²) in [5, 5.41) is 0.184. The molecule has 2 aromatic carbocycles. The molecule has 5 nitrogen and oxygen atoms in total. The van der Waals surface area contributed by atoms with E-state index in [-0.39, 0.29) is 28.1 Å². The van der Waals surface area contributed by atoms with E-state index in [1.165, 1.54) is 25.3 Å². The van der Waals surface area contributed by atoms with Gasteiger partial charge < -0.3 is 9.47 Å². The topological polar surface area (TPSA) is 69.7 Å². The molecule has 2 aromatic rings. The highest BCUT2D eigenvalue weighted by Gasteiger charge is 2.15. The lowest BCUT2D eigenvalue weighted by molar-refractivity contribution is -0.139. The van der Waals surface area contributed by atoms with Crippen LogP contribution in [0.5, 0.6) is 11.5 Å². The molecule has 0 atom stereocenters. The van der Waals surface area contributed by atoms with Gasteiger partial charge in [0.15, 0.2) is 9.84 Å². The average molecular weight is 448 g/mol. The monoisotopic (exact) mass is 446 g/mol. The standard InChI is InChI=1S/C17H16BrClO5S/c1-3-25(21,22)14-4-5-16(15(19)10-14)24-13-7-11(6-12(18)9-13)8-17(20)23-2/h4-7,9-10H,3,8H2,1-2H3. The van der Waals surface area contributed by atoms with Crippen LogP contribution in [-0.2, 0) is 25.8 Å². The number of hydrogen-bond acceptors (Lipinski definition) is 5. The first-order valence-corrected chi connectivity index (χ1v) is 10.1. The Morgan fingerprint density at radius 2 is 1.92 bits per heavy atom. The van der Waals surface area contributed by atoms with Crippen LogP contribution in [0, 0.1) is 0 Å². The number of methoxy groups -OCH3 is 1. The van der Waals surface area contributed by atoms with Gasteiger partial charge in [0.2, 0.25) is 0 Å². The van der Waals surface area contributed by atoms with E-state index in [2.05, 4.69) is 20.7 Å². The van der Waals surface area contributed by atoms with Crippen LogP contribution in [0.25, 0.3) is 0 Å². The largest absolute Gasteiger partial charge is 0.469 e. The first-order valence-electron chi connectivity index (χ1n) is 7.31. The van der Waals surface area contributed by atoms with Gasteiger partial charge in [-0.1, -0.05) is 34.5 Å². The quantitative estimate of drug-likeness (QED) is 0.614. The third-order valence-corrected chi connectivity index (χ3v) is 5.86. The van der Waals surface area contributed by atoms with Crippen molar-refractivity contribution in [1.29, 1.82) is 0 Å². The Kier molecular flexibility index (Phi) is 6.48. The molecule has 0 saturated heterocycles. The molecule has 0 bridgehead atoms. The fraction of sp³-hybridized carbons (Fsp3) is 0.235. The number of benzene rings is 2. The van der Waals surface area contributed by atoms with Gasteiger partial charge in [0.05, 0.1) is 29.2 Å². The Morgan fingerprint density at radius 3 is 2.52 bits per heavy atom. The fourth-order valence-electron chi connectivity index (χ4n) is 2.07. The summed E-state index contributed by atoms with van der Waals surface area (Å²) in [5.74, 6) is 0.405. The lowest BCUT2D eigenvalue weighted by Gasteiger charge is -2.11. The van der Waals surface area contributed by atoms with Gasteiger partial charge in [0.25, 0.3) is 0 Å². The van der Waals surface area contributed by atoms with Crippen LogP contribution in [0.15, 0.2) is 45.8 Å². The summed E-state index contributed by atoms with van der Waals surface area (Å²) in [5.41, 5.74) is 0.706. The summed E-state index contributed by atoms with van der Waals surface area (Å²) in [6.45, 7) is 1.57. The van der Waals surface area contributed by atoms with Crippen molar-refractivity contribution in [2.75, 3.05) is 12.9 Å². The van der Waals surface area contributed by atoms with Gasteiger partial charge in [-0.25, -0.2) is 8.42 Å². The van der Waals surface area contributed by atoms with Gasteiger partial charge in [-0.3, -0.25) is 4.79 Å². The van der Waals surface area contributed by atoms with Gasteiger partial charge in [-0.05, 0) is 42.0 Å². The maximum atomic E-state index is 11.9. The number of hydrogen-bond donors (Lipinski definition) is 0. The molecule has 0 heterocycles. The molecule has 0 fully saturated rings. The summed E-state index contributed by atoms with van der Waals surface area (Å²) in [6.07, 6.45) is 0.105. The summed E-state index contributed by atoms with van der Waals surface area (Å²) in [7, 11) is -2.02. The first kappa shape index (κ1) is 19.8. The Balaban J connectivity index is 2.29. The van der Waals surface area contributed by atoms with E-state index in [1.54, 1.807) is 25.1 Å². The predicted octanol–water partition coefficient (Wildman–Crippen LogP) is 4.40. The van der Waals surface area contributed by atoms with Gasteiger partial charge in [0, 0.05) is 4.47 Å². The molecule has 0 unspecified atom stereocenters. The summed E-state index contributed by atoms with van der Waals surface area (Å²) in [4.78, 5) is 11.6. The minimum absolute atomic E-state index is 0.00788. The Hall–Kier alpha value is -1.57. The number of carbonyl (C=O) groups is 1. The van der Waals surface area contributed by atoms with Gasteiger partial charge in [-0.15, -0.1) is 0 Å². The normalized spacial score (nSPS) is 11.2. The highest BCUT2D eigenvalue weighted by Crippen LogP contribution is 2.33. The third kappa shape index (κ3) is 5.20. The second kappa shape index (κ2) is 8.21. The molecule has 8 heteroatoms. The SMILES string of the molecule is CCS(=O)(=O)c1ccc(Oc2cc(Br)cc(CC(=O)OC)c2)c(Cl)c1. The van der Waals surface area contributed by atoms with E-state index < -0.39 is 9.84 Å². The molecule has 0 spiro atoms. The maximum absolute atomic E-state index is 11.9. The second-order valence-corrected chi connectivity index (χ2v) is 8.75. The molecular formula is C17H16BrClO5S. The van der Waals surface area contributed by atoms with Crippen molar-refractivity contribution in [1.82, 2.24) is 0 Å². The molecule has 0 aliphatic heterocycles. The van der Waals surface area contributed by atoms with Crippen molar-refractivity contribution in [3.8, 4) is 11.5 Å². The van der Waals surface area contributed by atoms with Crippen molar-refractivity contribution in [2.24, 2.45) is 0 Å². The van der Waals surface area contributed by atoms with Crippen molar-refractivity contribution >= 4 is 43.3 Å². The van der Waals surface area contributed by atoms with Crippen LogP contribution in [0.3, 0.4) is 0 Å². The highest BCUT2D eigenvalue weighted by molar-refractivity contribution is 9.10. The third-order valence-electron chi connectivity index (χ3n) is 3.38. The van der Waals surface area contributed by atoms with Crippen LogP contribution in [0.1, 0.15) is 12.5 Å². The zero-order valence-electron chi connectivity index (χ0n) is 13.6. The van der Waals surface area contributed by atoms with Crippen LogP contribution in [0.2, 0.25) is 5.02 Å². The number of rotatable bonds is 6.